The predicted molar refractivity (Wildman–Crippen MR) is 77.4 cm³/mol. The maximum absolute atomic E-state index is 12.0. The molecule has 1 saturated heterocycles. The molecule has 0 atom stereocenters. The van der Waals surface area contributed by atoms with E-state index in [-0.39, 0.29) is 24.1 Å². The smallest absolute Gasteiger partial charge is 0.234 e. The van der Waals surface area contributed by atoms with Gasteiger partial charge in [0.1, 0.15) is 0 Å². The third kappa shape index (κ3) is 4.43. The molecule has 0 radical (unpaired) electrons. The van der Waals surface area contributed by atoms with Crippen molar-refractivity contribution in [2.24, 2.45) is 5.92 Å². The SMILES string of the molecule is CC1CCC(CO)(NCC(=O)NC2CCOCC2)CC1. The van der Waals surface area contributed by atoms with E-state index in [0.29, 0.717) is 6.54 Å². The summed E-state index contributed by atoms with van der Waals surface area (Å²) in [6, 6.07) is 0.245. The minimum atomic E-state index is -0.250. The number of hydrogen-bond donors (Lipinski definition) is 3. The molecule has 1 heterocycles. The van der Waals surface area contributed by atoms with Crippen LogP contribution in [0, 0.1) is 5.92 Å². The van der Waals surface area contributed by atoms with Crippen LogP contribution in [0.2, 0.25) is 0 Å². The quantitative estimate of drug-likeness (QED) is 0.699. The van der Waals surface area contributed by atoms with Gasteiger partial charge in [-0.25, -0.2) is 0 Å². The van der Waals surface area contributed by atoms with E-state index in [1.165, 1.54) is 0 Å². The molecule has 2 fully saturated rings. The summed E-state index contributed by atoms with van der Waals surface area (Å²) in [7, 11) is 0. The molecular weight excluding hydrogens is 256 g/mol. The fourth-order valence-electron chi connectivity index (χ4n) is 3.09. The molecule has 20 heavy (non-hydrogen) atoms. The number of aliphatic hydroxyl groups excluding tert-OH is 1. The number of carbonyl (C=O) groups is 1. The van der Waals surface area contributed by atoms with Crippen molar-refractivity contribution in [2.75, 3.05) is 26.4 Å². The van der Waals surface area contributed by atoms with Crippen molar-refractivity contribution in [3.63, 3.8) is 0 Å². The minimum Gasteiger partial charge on any atom is -0.394 e. The van der Waals surface area contributed by atoms with E-state index in [1.807, 2.05) is 0 Å². The molecule has 1 saturated carbocycles. The second-order valence-corrected chi connectivity index (χ2v) is 6.43. The third-order valence-electron chi connectivity index (χ3n) is 4.74. The first-order valence-electron chi connectivity index (χ1n) is 7.86. The maximum atomic E-state index is 12.0. The van der Waals surface area contributed by atoms with Gasteiger partial charge in [-0.05, 0) is 44.4 Å². The number of hydrogen-bond acceptors (Lipinski definition) is 4. The Labute approximate surface area is 121 Å². The molecule has 1 aliphatic heterocycles. The lowest BCUT2D eigenvalue weighted by Crippen LogP contribution is -2.54. The van der Waals surface area contributed by atoms with E-state index >= 15 is 0 Å². The van der Waals surface area contributed by atoms with Gasteiger partial charge in [-0.15, -0.1) is 0 Å². The number of ether oxygens (including phenoxy) is 1. The summed E-state index contributed by atoms with van der Waals surface area (Å²) >= 11 is 0. The van der Waals surface area contributed by atoms with Crippen LogP contribution in [0.1, 0.15) is 45.4 Å². The first-order valence-corrected chi connectivity index (χ1v) is 7.86. The van der Waals surface area contributed by atoms with Crippen molar-refractivity contribution < 1.29 is 14.6 Å². The molecule has 5 nitrogen and oxygen atoms in total. The molecule has 0 bridgehead atoms. The summed E-state index contributed by atoms with van der Waals surface area (Å²) in [4.78, 5) is 12.0. The van der Waals surface area contributed by atoms with Crippen molar-refractivity contribution in [3.8, 4) is 0 Å². The van der Waals surface area contributed by atoms with Gasteiger partial charge >= 0.3 is 0 Å². The minimum absolute atomic E-state index is 0.0309. The number of carbonyl (C=O) groups excluding carboxylic acids is 1. The van der Waals surface area contributed by atoms with E-state index < -0.39 is 0 Å². The molecule has 5 heteroatoms. The Morgan fingerprint density at radius 1 is 1.25 bits per heavy atom. The molecule has 0 unspecified atom stereocenters. The van der Waals surface area contributed by atoms with Gasteiger partial charge in [0.2, 0.25) is 5.91 Å². The van der Waals surface area contributed by atoms with Crippen LogP contribution in [-0.2, 0) is 9.53 Å². The Morgan fingerprint density at radius 3 is 2.50 bits per heavy atom. The third-order valence-corrected chi connectivity index (χ3v) is 4.74. The second-order valence-electron chi connectivity index (χ2n) is 6.43. The van der Waals surface area contributed by atoms with Gasteiger partial charge in [0, 0.05) is 24.8 Å². The molecule has 2 aliphatic rings. The zero-order valence-corrected chi connectivity index (χ0v) is 12.5. The summed E-state index contributed by atoms with van der Waals surface area (Å²) < 4.78 is 5.28. The van der Waals surface area contributed by atoms with Crippen molar-refractivity contribution in [1.82, 2.24) is 10.6 Å². The number of nitrogens with one attached hydrogen (secondary N) is 2. The van der Waals surface area contributed by atoms with Crippen LogP contribution < -0.4 is 10.6 Å². The van der Waals surface area contributed by atoms with Gasteiger partial charge < -0.3 is 20.5 Å². The van der Waals surface area contributed by atoms with Crippen LogP contribution in [0.25, 0.3) is 0 Å². The highest BCUT2D eigenvalue weighted by Gasteiger charge is 2.33. The zero-order chi connectivity index (χ0) is 14.4. The standard InChI is InChI=1S/C15H28N2O3/c1-12-2-6-15(11-18,7-3-12)16-10-14(19)17-13-4-8-20-9-5-13/h12-13,16,18H,2-11H2,1H3,(H,17,19). The average molecular weight is 284 g/mol. The van der Waals surface area contributed by atoms with Crippen molar-refractivity contribution in [2.45, 2.75) is 57.0 Å². The summed E-state index contributed by atoms with van der Waals surface area (Å²) in [5, 5.41) is 16.0. The molecule has 0 aromatic carbocycles. The molecule has 0 aromatic heterocycles. The lowest BCUT2D eigenvalue weighted by Gasteiger charge is -2.39. The Bertz CT molecular complexity index is 308. The molecule has 1 aliphatic carbocycles. The molecule has 2 rings (SSSR count). The van der Waals surface area contributed by atoms with Crippen LogP contribution in [0.4, 0.5) is 0 Å². The van der Waals surface area contributed by atoms with Crippen LogP contribution in [0.15, 0.2) is 0 Å². The maximum Gasteiger partial charge on any atom is 0.234 e. The lowest BCUT2D eigenvalue weighted by molar-refractivity contribution is -0.122. The van der Waals surface area contributed by atoms with Crippen molar-refractivity contribution in [1.29, 1.82) is 0 Å². The van der Waals surface area contributed by atoms with E-state index in [1.54, 1.807) is 0 Å². The summed E-state index contributed by atoms with van der Waals surface area (Å²) in [6.07, 6.45) is 5.94. The molecule has 116 valence electrons. The topological polar surface area (TPSA) is 70.6 Å². The van der Waals surface area contributed by atoms with E-state index in [9.17, 15) is 9.90 Å². The van der Waals surface area contributed by atoms with Gasteiger partial charge in [-0.1, -0.05) is 6.92 Å². The molecule has 1 amide bonds. The summed E-state index contributed by atoms with van der Waals surface area (Å²) in [5.74, 6) is 0.760. The number of rotatable bonds is 5. The molecule has 0 spiro atoms. The zero-order valence-electron chi connectivity index (χ0n) is 12.5. The molecular formula is C15H28N2O3. The van der Waals surface area contributed by atoms with E-state index in [2.05, 4.69) is 17.6 Å². The monoisotopic (exact) mass is 284 g/mol. The van der Waals surface area contributed by atoms with Gasteiger partial charge in [0.25, 0.3) is 0 Å². The normalized spacial score (nSPS) is 32.0. The highest BCUT2D eigenvalue weighted by Crippen LogP contribution is 2.31. The van der Waals surface area contributed by atoms with Crippen LogP contribution in [0.3, 0.4) is 0 Å². The van der Waals surface area contributed by atoms with Gasteiger partial charge in [-0.2, -0.15) is 0 Å². The van der Waals surface area contributed by atoms with Crippen LogP contribution in [-0.4, -0.2) is 49.0 Å². The van der Waals surface area contributed by atoms with Crippen LogP contribution >= 0.6 is 0 Å². The lowest BCUT2D eigenvalue weighted by atomic mass is 9.77. The summed E-state index contributed by atoms with van der Waals surface area (Å²) in [6.45, 7) is 4.13. The second kappa shape index (κ2) is 7.38. The van der Waals surface area contributed by atoms with Crippen molar-refractivity contribution >= 4 is 5.91 Å². The molecule has 0 aromatic rings. The fraction of sp³-hybridized carbons (Fsp3) is 0.933. The Hall–Kier alpha value is -0.650. The van der Waals surface area contributed by atoms with Crippen LogP contribution in [0.5, 0.6) is 0 Å². The van der Waals surface area contributed by atoms with E-state index in [4.69, 9.17) is 4.74 Å². The Morgan fingerprint density at radius 2 is 1.90 bits per heavy atom. The first kappa shape index (κ1) is 15.7. The Kier molecular flexibility index (Phi) is 5.81. The highest BCUT2D eigenvalue weighted by molar-refractivity contribution is 5.78. The fourth-order valence-corrected chi connectivity index (χ4v) is 3.09. The molecule has 3 N–H and O–H groups in total. The highest BCUT2D eigenvalue weighted by atomic mass is 16.5. The number of aliphatic hydroxyl groups is 1. The largest absolute Gasteiger partial charge is 0.394 e. The van der Waals surface area contributed by atoms with Gasteiger partial charge in [0.15, 0.2) is 0 Å². The van der Waals surface area contributed by atoms with Crippen molar-refractivity contribution in [3.05, 3.63) is 0 Å². The average Bonchev–Trinajstić information content (AvgIpc) is 2.48. The summed E-state index contributed by atoms with van der Waals surface area (Å²) in [5.41, 5.74) is -0.250. The van der Waals surface area contributed by atoms with Gasteiger partial charge in [-0.3, -0.25) is 4.79 Å². The van der Waals surface area contributed by atoms with E-state index in [0.717, 1.165) is 57.7 Å². The Balaban J connectivity index is 1.73. The van der Waals surface area contributed by atoms with Gasteiger partial charge in [0.05, 0.1) is 13.2 Å². The number of amides is 1. The predicted octanol–water partition coefficient (Wildman–Crippen LogP) is 0.812. The first-order chi connectivity index (χ1) is 9.63.